The Labute approximate surface area is 386 Å². The molecule has 0 saturated carbocycles. The summed E-state index contributed by atoms with van der Waals surface area (Å²) in [6.07, 6.45) is -1.53. The van der Waals surface area contributed by atoms with Crippen molar-refractivity contribution in [3.05, 3.63) is 230 Å². The Hall–Kier alpha value is -8.69. The number of aromatic nitrogens is 4. The second-order valence-corrected chi connectivity index (χ2v) is 16.7. The minimum atomic E-state index is -4.96. The molecule has 0 aliphatic heterocycles. The summed E-state index contributed by atoms with van der Waals surface area (Å²) < 4.78 is 84.1. The molecule has 4 aromatic heterocycles. The van der Waals surface area contributed by atoms with E-state index in [0.717, 1.165) is 84.5 Å². The number of para-hydroxylation sites is 2. The van der Waals surface area contributed by atoms with Crippen LogP contribution in [-0.2, 0) is 6.18 Å². The lowest BCUT2D eigenvalue weighted by Gasteiger charge is -2.23. The second kappa shape index (κ2) is 16.0. The largest absolute Gasteiger partial charge is 0.420 e. The van der Waals surface area contributed by atoms with Crippen LogP contribution in [0.4, 0.5) is 22.0 Å². The zero-order chi connectivity index (χ0) is 46.1. The number of halogens is 5. The van der Waals surface area contributed by atoms with Crippen LogP contribution in [0.3, 0.4) is 0 Å². The van der Waals surface area contributed by atoms with Gasteiger partial charge in [0.1, 0.15) is 17.2 Å². The van der Waals surface area contributed by atoms with Gasteiger partial charge in [-0.05, 0) is 82.9 Å². The second-order valence-electron chi connectivity index (χ2n) is 16.7. The fraction of sp³-hybridized carbons (Fsp3) is 0.0169. The van der Waals surface area contributed by atoms with E-state index >= 15 is 22.0 Å². The normalized spacial score (nSPS) is 11.9. The number of fused-ring (bicyclic) bond motifs is 6. The SMILES string of the molecule is Fc1cc(F)cc(-c2cc(-n3c4ccccc4c4ccc(-c5cccnc5-c5ccccc5)cc43)c(C(F)(F)F)c(-n3c4ccccc4c4ccc(-c5cccnc5-c5ccccc5)cc43)c2)c1. The maximum Gasteiger partial charge on any atom is 0.420 e. The van der Waals surface area contributed by atoms with Crippen molar-refractivity contribution < 1.29 is 22.0 Å². The zero-order valence-electron chi connectivity index (χ0n) is 35.9. The van der Waals surface area contributed by atoms with Crippen molar-refractivity contribution in [2.45, 2.75) is 6.18 Å². The summed E-state index contributed by atoms with van der Waals surface area (Å²) in [5, 5.41) is 2.90. The molecule has 8 aromatic carbocycles. The van der Waals surface area contributed by atoms with Gasteiger partial charge in [0.05, 0.1) is 44.8 Å². The van der Waals surface area contributed by atoms with Crippen LogP contribution in [0.25, 0.3) is 111 Å². The quantitative estimate of drug-likeness (QED) is 0.149. The van der Waals surface area contributed by atoms with Gasteiger partial charge < -0.3 is 9.13 Å². The van der Waals surface area contributed by atoms with Crippen molar-refractivity contribution in [1.29, 1.82) is 0 Å². The third-order valence-corrected chi connectivity index (χ3v) is 12.7. The Balaban J connectivity index is 1.20. The van der Waals surface area contributed by atoms with Crippen LogP contribution < -0.4 is 0 Å². The van der Waals surface area contributed by atoms with E-state index < -0.39 is 23.4 Å². The van der Waals surface area contributed by atoms with Crippen LogP contribution in [0.2, 0.25) is 0 Å². The molecule has 0 saturated heterocycles. The van der Waals surface area contributed by atoms with Gasteiger partial charge >= 0.3 is 6.18 Å². The summed E-state index contributed by atoms with van der Waals surface area (Å²) in [5.41, 5.74) is 7.21. The first-order chi connectivity index (χ1) is 33.2. The Morgan fingerprint density at radius 2 is 0.750 bits per heavy atom. The summed E-state index contributed by atoms with van der Waals surface area (Å²) in [6, 6.07) is 59.2. The van der Waals surface area contributed by atoms with E-state index in [1.54, 1.807) is 45.8 Å². The topological polar surface area (TPSA) is 35.6 Å². The van der Waals surface area contributed by atoms with Crippen molar-refractivity contribution in [3.8, 4) is 67.3 Å². The standard InChI is InChI=1S/C59H35F5N4/c60-42-29-40(30-43(61)35-42)41-33-54(67-50-21-9-7-17-46(50)48-25-23-38(31-52(48)67)44-19-11-27-65-57(44)36-13-3-1-4-14-36)56(59(62,63)64)55(34-41)68-51-22-10-8-18-47(51)49-26-24-39(32-53(49)68)45-20-12-28-66-58(45)37-15-5-2-6-16-37/h1-35H. The molecule has 0 aliphatic rings. The number of pyridine rings is 2. The number of hydrogen-bond acceptors (Lipinski definition) is 2. The summed E-state index contributed by atoms with van der Waals surface area (Å²) in [5.74, 6) is -1.72. The Kier molecular flexibility index (Phi) is 9.62. The van der Waals surface area contributed by atoms with E-state index in [4.69, 9.17) is 9.97 Å². The molecule has 0 aliphatic carbocycles. The molecule has 0 radical (unpaired) electrons. The van der Waals surface area contributed by atoms with Crippen molar-refractivity contribution in [1.82, 2.24) is 19.1 Å². The molecule has 0 amide bonds. The van der Waals surface area contributed by atoms with Crippen LogP contribution in [0, 0.1) is 11.6 Å². The average Bonchev–Trinajstić information content (AvgIpc) is 3.88. The highest BCUT2D eigenvalue weighted by molar-refractivity contribution is 6.12. The summed E-state index contributed by atoms with van der Waals surface area (Å²) in [4.78, 5) is 9.49. The fourth-order valence-corrected chi connectivity index (χ4v) is 9.87. The molecule has 12 aromatic rings. The number of hydrogen-bond donors (Lipinski definition) is 0. The molecule has 0 unspecified atom stereocenters. The van der Waals surface area contributed by atoms with Gasteiger partial charge in [-0.1, -0.05) is 133 Å². The number of benzene rings is 8. The van der Waals surface area contributed by atoms with Gasteiger partial charge in [0.25, 0.3) is 0 Å². The van der Waals surface area contributed by atoms with Crippen LogP contribution in [0.1, 0.15) is 5.56 Å². The maximum absolute atomic E-state index is 16.8. The summed E-state index contributed by atoms with van der Waals surface area (Å²) >= 11 is 0. The van der Waals surface area contributed by atoms with Gasteiger partial charge in [-0.3, -0.25) is 9.97 Å². The van der Waals surface area contributed by atoms with E-state index in [-0.39, 0.29) is 22.5 Å². The predicted octanol–water partition coefficient (Wildman–Crippen LogP) is 16.3. The number of nitrogens with zero attached hydrogens (tertiary/aromatic N) is 4. The predicted molar refractivity (Wildman–Crippen MR) is 263 cm³/mol. The Morgan fingerprint density at radius 3 is 1.21 bits per heavy atom. The van der Waals surface area contributed by atoms with E-state index in [0.29, 0.717) is 22.1 Å². The van der Waals surface area contributed by atoms with E-state index in [2.05, 4.69) is 0 Å². The first kappa shape index (κ1) is 40.8. The molecule has 4 heterocycles. The molecule has 0 bridgehead atoms. The van der Waals surface area contributed by atoms with Gasteiger partial charge in [-0.25, -0.2) is 8.78 Å². The highest BCUT2D eigenvalue weighted by Crippen LogP contribution is 2.47. The van der Waals surface area contributed by atoms with Gasteiger partial charge in [0.15, 0.2) is 0 Å². The van der Waals surface area contributed by atoms with Crippen molar-refractivity contribution in [3.63, 3.8) is 0 Å². The third kappa shape index (κ3) is 6.81. The maximum atomic E-state index is 16.8. The molecule has 0 atom stereocenters. The highest BCUT2D eigenvalue weighted by Gasteiger charge is 2.40. The van der Waals surface area contributed by atoms with Gasteiger partial charge in [0, 0.05) is 62.3 Å². The van der Waals surface area contributed by atoms with E-state index in [1.807, 2.05) is 146 Å². The number of alkyl halides is 3. The van der Waals surface area contributed by atoms with Gasteiger partial charge in [-0.15, -0.1) is 0 Å². The smallest absolute Gasteiger partial charge is 0.309 e. The van der Waals surface area contributed by atoms with Crippen molar-refractivity contribution in [2.24, 2.45) is 0 Å². The van der Waals surface area contributed by atoms with E-state index in [1.165, 1.54) is 12.1 Å². The lowest BCUT2D eigenvalue weighted by Crippen LogP contribution is -2.16. The van der Waals surface area contributed by atoms with Crippen molar-refractivity contribution in [2.75, 3.05) is 0 Å². The lowest BCUT2D eigenvalue weighted by atomic mass is 9.97. The number of rotatable bonds is 7. The Bertz CT molecular complexity index is 3690. The first-order valence-electron chi connectivity index (χ1n) is 22.0. The fourth-order valence-electron chi connectivity index (χ4n) is 9.87. The van der Waals surface area contributed by atoms with Gasteiger partial charge in [-0.2, -0.15) is 13.2 Å². The molecule has 326 valence electrons. The zero-order valence-corrected chi connectivity index (χ0v) is 35.9. The van der Waals surface area contributed by atoms with Crippen LogP contribution in [0.15, 0.2) is 213 Å². The monoisotopic (exact) mass is 894 g/mol. The van der Waals surface area contributed by atoms with Gasteiger partial charge in [0.2, 0.25) is 0 Å². The van der Waals surface area contributed by atoms with E-state index in [9.17, 15) is 0 Å². The molecule has 0 spiro atoms. The molecule has 0 N–H and O–H groups in total. The third-order valence-electron chi connectivity index (χ3n) is 12.7. The Morgan fingerprint density at radius 1 is 0.338 bits per heavy atom. The van der Waals surface area contributed by atoms with Crippen molar-refractivity contribution >= 4 is 43.6 Å². The molecular weight excluding hydrogens is 860 g/mol. The average molecular weight is 895 g/mol. The minimum Gasteiger partial charge on any atom is -0.309 e. The molecule has 0 fully saturated rings. The molecular formula is C59H35F5N4. The first-order valence-corrected chi connectivity index (χ1v) is 22.0. The van der Waals surface area contributed by atoms with Crippen LogP contribution in [-0.4, -0.2) is 19.1 Å². The summed E-state index contributed by atoms with van der Waals surface area (Å²) in [7, 11) is 0. The molecule has 12 rings (SSSR count). The van der Waals surface area contributed by atoms with Crippen LogP contribution >= 0.6 is 0 Å². The molecule has 68 heavy (non-hydrogen) atoms. The lowest BCUT2D eigenvalue weighted by molar-refractivity contribution is -0.137. The van der Waals surface area contributed by atoms with Crippen LogP contribution in [0.5, 0.6) is 0 Å². The highest BCUT2D eigenvalue weighted by atomic mass is 19.4. The molecule has 4 nitrogen and oxygen atoms in total. The minimum absolute atomic E-state index is 0.0763. The molecule has 9 heteroatoms. The summed E-state index contributed by atoms with van der Waals surface area (Å²) in [6.45, 7) is 0.